The van der Waals surface area contributed by atoms with E-state index in [-0.39, 0.29) is 18.6 Å². The zero-order valence-electron chi connectivity index (χ0n) is 11.0. The van der Waals surface area contributed by atoms with E-state index in [1.165, 1.54) is 0 Å². The Hall–Kier alpha value is -1.36. The van der Waals surface area contributed by atoms with E-state index in [9.17, 15) is 0 Å². The number of nitrogens with zero attached hydrogens (tertiary/aromatic N) is 2. The van der Waals surface area contributed by atoms with Crippen molar-refractivity contribution in [2.24, 2.45) is 5.92 Å². The van der Waals surface area contributed by atoms with Crippen LogP contribution in [0.15, 0.2) is 6.07 Å². The van der Waals surface area contributed by atoms with Crippen LogP contribution in [0.25, 0.3) is 0 Å². The lowest BCUT2D eigenvalue weighted by molar-refractivity contribution is 0.226. The maximum Gasteiger partial charge on any atom is 0.132 e. The van der Waals surface area contributed by atoms with E-state index >= 15 is 0 Å². The monoisotopic (exact) mass is 238 g/mol. The Morgan fingerprint density at radius 1 is 1.29 bits per heavy atom. The minimum absolute atomic E-state index is 0.165. The van der Waals surface area contributed by atoms with E-state index in [2.05, 4.69) is 20.6 Å². The molecule has 0 saturated carbocycles. The summed E-state index contributed by atoms with van der Waals surface area (Å²) < 4.78 is 0. The first kappa shape index (κ1) is 13.7. The highest BCUT2D eigenvalue weighted by Crippen LogP contribution is 2.14. The molecule has 1 rings (SSSR count). The highest BCUT2D eigenvalue weighted by atomic mass is 16.3. The molecule has 2 atom stereocenters. The van der Waals surface area contributed by atoms with Crippen molar-refractivity contribution in [2.75, 3.05) is 23.8 Å². The Morgan fingerprint density at radius 3 is 2.53 bits per heavy atom. The van der Waals surface area contributed by atoms with Crippen LogP contribution < -0.4 is 10.6 Å². The van der Waals surface area contributed by atoms with Crippen LogP contribution in [-0.4, -0.2) is 34.3 Å². The van der Waals surface area contributed by atoms with Crippen molar-refractivity contribution in [3.63, 3.8) is 0 Å². The summed E-state index contributed by atoms with van der Waals surface area (Å²) in [6, 6.07) is 2.06. The van der Waals surface area contributed by atoms with Crippen molar-refractivity contribution in [3.8, 4) is 0 Å². The van der Waals surface area contributed by atoms with Crippen molar-refractivity contribution in [3.05, 3.63) is 11.9 Å². The van der Waals surface area contributed by atoms with Gasteiger partial charge in [-0.25, -0.2) is 9.97 Å². The smallest absolute Gasteiger partial charge is 0.132 e. The zero-order chi connectivity index (χ0) is 12.8. The van der Waals surface area contributed by atoms with E-state index in [1.807, 2.05) is 33.8 Å². The van der Waals surface area contributed by atoms with Crippen LogP contribution in [-0.2, 0) is 0 Å². The number of aliphatic hydroxyl groups is 1. The Morgan fingerprint density at radius 2 is 1.94 bits per heavy atom. The summed E-state index contributed by atoms with van der Waals surface area (Å²) in [5.41, 5.74) is 0. The molecule has 5 heteroatoms. The van der Waals surface area contributed by atoms with Crippen molar-refractivity contribution in [1.29, 1.82) is 0 Å². The molecule has 0 bridgehead atoms. The molecule has 0 fully saturated rings. The van der Waals surface area contributed by atoms with E-state index in [4.69, 9.17) is 5.11 Å². The molecule has 0 spiro atoms. The highest BCUT2D eigenvalue weighted by Gasteiger charge is 2.12. The lowest BCUT2D eigenvalue weighted by atomic mass is 10.1. The fraction of sp³-hybridized carbons (Fsp3) is 0.667. The van der Waals surface area contributed by atoms with E-state index in [0.717, 1.165) is 24.0 Å². The molecule has 17 heavy (non-hydrogen) atoms. The average molecular weight is 238 g/mol. The summed E-state index contributed by atoms with van der Waals surface area (Å²) in [7, 11) is 0. The summed E-state index contributed by atoms with van der Waals surface area (Å²) in [5.74, 6) is 2.54. The number of aromatic nitrogens is 2. The number of hydrogen-bond donors (Lipinski definition) is 3. The Kier molecular flexibility index (Phi) is 5.15. The third kappa shape index (κ3) is 4.19. The maximum atomic E-state index is 9.09. The molecule has 1 aromatic heterocycles. The summed E-state index contributed by atoms with van der Waals surface area (Å²) >= 11 is 0. The number of nitrogens with one attached hydrogen (secondary N) is 2. The van der Waals surface area contributed by atoms with E-state index < -0.39 is 0 Å². The van der Waals surface area contributed by atoms with Gasteiger partial charge in [0.05, 0.1) is 0 Å². The second-order valence-corrected chi connectivity index (χ2v) is 4.31. The first-order valence-electron chi connectivity index (χ1n) is 6.03. The fourth-order valence-electron chi connectivity index (χ4n) is 1.45. The van der Waals surface area contributed by atoms with Gasteiger partial charge in [-0.15, -0.1) is 0 Å². The minimum atomic E-state index is 0.165. The van der Waals surface area contributed by atoms with Gasteiger partial charge in [-0.3, -0.25) is 0 Å². The summed E-state index contributed by atoms with van der Waals surface area (Å²) in [6.07, 6.45) is 0. The SMILES string of the molecule is CCNc1cc(NC(C)C(C)CO)nc(C)n1. The standard InChI is InChI=1S/C12H22N4O/c1-5-13-11-6-12(16-10(4)15-11)14-9(3)8(2)7-17/h6,8-9,17H,5,7H2,1-4H3,(H2,13,14,15,16). The molecule has 0 saturated heterocycles. The molecule has 96 valence electrons. The molecule has 1 aromatic rings. The molecule has 3 N–H and O–H groups in total. The second kappa shape index (κ2) is 6.39. The third-order valence-corrected chi connectivity index (χ3v) is 2.71. The van der Waals surface area contributed by atoms with Crippen LogP contribution in [0.3, 0.4) is 0 Å². The highest BCUT2D eigenvalue weighted by molar-refractivity contribution is 5.47. The molecule has 0 aliphatic heterocycles. The van der Waals surface area contributed by atoms with Gasteiger partial charge < -0.3 is 15.7 Å². The van der Waals surface area contributed by atoms with Gasteiger partial charge in [-0.1, -0.05) is 6.92 Å². The number of anilines is 2. The van der Waals surface area contributed by atoms with E-state index in [1.54, 1.807) is 0 Å². The van der Waals surface area contributed by atoms with Gasteiger partial charge in [0, 0.05) is 25.3 Å². The fourth-order valence-corrected chi connectivity index (χ4v) is 1.45. The molecular weight excluding hydrogens is 216 g/mol. The van der Waals surface area contributed by atoms with Crippen LogP contribution in [0.4, 0.5) is 11.6 Å². The third-order valence-electron chi connectivity index (χ3n) is 2.71. The van der Waals surface area contributed by atoms with Gasteiger partial charge >= 0.3 is 0 Å². The van der Waals surface area contributed by atoms with Gasteiger partial charge in [0.2, 0.25) is 0 Å². The Labute approximate surface area is 103 Å². The van der Waals surface area contributed by atoms with Crippen molar-refractivity contribution < 1.29 is 5.11 Å². The normalized spacial score (nSPS) is 14.2. The molecule has 1 heterocycles. The largest absolute Gasteiger partial charge is 0.396 e. The number of aliphatic hydroxyl groups excluding tert-OH is 1. The topological polar surface area (TPSA) is 70.1 Å². The Bertz CT molecular complexity index is 356. The van der Waals surface area contributed by atoms with Crippen LogP contribution in [0.1, 0.15) is 26.6 Å². The predicted molar refractivity (Wildman–Crippen MR) is 70.3 cm³/mol. The van der Waals surface area contributed by atoms with Gasteiger partial charge in [0.1, 0.15) is 17.5 Å². The molecule has 0 aromatic carbocycles. The zero-order valence-corrected chi connectivity index (χ0v) is 11.0. The van der Waals surface area contributed by atoms with Gasteiger partial charge in [0.25, 0.3) is 0 Å². The number of rotatable bonds is 6. The van der Waals surface area contributed by atoms with Crippen LogP contribution in [0, 0.1) is 12.8 Å². The molecule has 0 radical (unpaired) electrons. The van der Waals surface area contributed by atoms with Gasteiger partial charge in [0.15, 0.2) is 0 Å². The average Bonchev–Trinajstić information content (AvgIpc) is 2.27. The van der Waals surface area contributed by atoms with Crippen LogP contribution in [0.5, 0.6) is 0 Å². The summed E-state index contributed by atoms with van der Waals surface area (Å²) in [6.45, 7) is 8.92. The molecular formula is C12H22N4O. The molecule has 2 unspecified atom stereocenters. The summed E-state index contributed by atoms with van der Waals surface area (Å²) in [5, 5.41) is 15.5. The van der Waals surface area contributed by atoms with Gasteiger partial charge in [-0.05, 0) is 26.7 Å². The lowest BCUT2D eigenvalue weighted by Crippen LogP contribution is -2.26. The Balaban J connectivity index is 2.76. The first-order valence-corrected chi connectivity index (χ1v) is 6.03. The van der Waals surface area contributed by atoms with Crippen molar-refractivity contribution >= 4 is 11.6 Å². The van der Waals surface area contributed by atoms with Crippen molar-refractivity contribution in [1.82, 2.24) is 9.97 Å². The number of hydrogen-bond acceptors (Lipinski definition) is 5. The summed E-state index contributed by atoms with van der Waals surface area (Å²) in [4.78, 5) is 8.61. The predicted octanol–water partition coefficient (Wildman–Crippen LogP) is 1.65. The van der Waals surface area contributed by atoms with Crippen LogP contribution in [0.2, 0.25) is 0 Å². The molecule has 0 amide bonds. The quantitative estimate of drug-likeness (QED) is 0.703. The minimum Gasteiger partial charge on any atom is -0.396 e. The lowest BCUT2D eigenvalue weighted by Gasteiger charge is -2.20. The molecule has 0 aliphatic rings. The van der Waals surface area contributed by atoms with Crippen LogP contribution >= 0.6 is 0 Å². The number of aryl methyl sites for hydroxylation is 1. The molecule has 5 nitrogen and oxygen atoms in total. The van der Waals surface area contributed by atoms with Crippen molar-refractivity contribution in [2.45, 2.75) is 33.7 Å². The van der Waals surface area contributed by atoms with E-state index in [0.29, 0.717) is 0 Å². The first-order chi connectivity index (χ1) is 8.06. The van der Waals surface area contributed by atoms with Gasteiger partial charge in [-0.2, -0.15) is 0 Å². The molecule has 0 aliphatic carbocycles. The maximum absolute atomic E-state index is 9.09. The second-order valence-electron chi connectivity index (χ2n) is 4.31.